The Bertz CT molecular complexity index is 408. The van der Waals surface area contributed by atoms with E-state index in [0.29, 0.717) is 6.04 Å². The minimum Gasteiger partial charge on any atom is -0.494 e. The molecule has 0 bridgehead atoms. The number of rotatable bonds is 6. The van der Waals surface area contributed by atoms with Crippen LogP contribution < -0.4 is 10.5 Å². The van der Waals surface area contributed by atoms with E-state index in [2.05, 4.69) is 30.9 Å². The lowest BCUT2D eigenvalue weighted by atomic mass is 9.92. The number of likely N-dealkylation sites (tertiary alicyclic amines) is 1. The number of aryl methyl sites for hydroxylation is 1. The van der Waals surface area contributed by atoms with Gasteiger partial charge in [0.1, 0.15) is 5.75 Å². The summed E-state index contributed by atoms with van der Waals surface area (Å²) < 4.78 is 5.81. The number of benzene rings is 1. The molecule has 3 heteroatoms. The molecule has 1 aliphatic rings. The Morgan fingerprint density at radius 3 is 3.00 bits per heavy atom. The van der Waals surface area contributed by atoms with Crippen LogP contribution in [-0.2, 0) is 0 Å². The molecule has 0 aromatic heterocycles. The Hall–Kier alpha value is -1.06. The van der Waals surface area contributed by atoms with E-state index in [1.807, 2.05) is 12.1 Å². The highest BCUT2D eigenvalue weighted by molar-refractivity contribution is 5.27. The van der Waals surface area contributed by atoms with Crippen LogP contribution >= 0.6 is 0 Å². The van der Waals surface area contributed by atoms with Gasteiger partial charge in [-0.2, -0.15) is 0 Å². The van der Waals surface area contributed by atoms with Crippen LogP contribution in [-0.4, -0.2) is 37.2 Å². The van der Waals surface area contributed by atoms with Crippen molar-refractivity contribution in [3.8, 4) is 5.75 Å². The zero-order chi connectivity index (χ0) is 14.4. The molecule has 0 aliphatic carbocycles. The van der Waals surface area contributed by atoms with Crippen LogP contribution in [0.5, 0.6) is 5.75 Å². The van der Waals surface area contributed by atoms with Gasteiger partial charge in [-0.05, 0) is 56.3 Å². The molecule has 2 unspecified atom stereocenters. The summed E-state index contributed by atoms with van der Waals surface area (Å²) in [4.78, 5) is 2.54. The lowest BCUT2D eigenvalue weighted by Crippen LogP contribution is -2.46. The molecule has 0 saturated carbocycles. The summed E-state index contributed by atoms with van der Waals surface area (Å²) in [6, 6.07) is 8.82. The van der Waals surface area contributed by atoms with Crippen LogP contribution in [0.4, 0.5) is 0 Å². The van der Waals surface area contributed by atoms with Crippen LogP contribution in [0.2, 0.25) is 0 Å². The highest BCUT2D eigenvalue weighted by Gasteiger charge is 2.24. The molecular formula is C17H28N2O. The van der Waals surface area contributed by atoms with E-state index in [9.17, 15) is 0 Å². The van der Waals surface area contributed by atoms with E-state index in [0.717, 1.165) is 37.8 Å². The lowest BCUT2D eigenvalue weighted by Gasteiger charge is -2.37. The molecule has 1 aliphatic heterocycles. The number of piperidine rings is 1. The Morgan fingerprint density at radius 1 is 1.40 bits per heavy atom. The predicted octanol–water partition coefficient (Wildman–Crippen LogP) is 2.82. The molecule has 1 aromatic rings. The SMILES string of the molecule is Cc1cccc(OCCCN2CCC(C)CC2CN)c1. The fourth-order valence-electron chi connectivity index (χ4n) is 3.00. The third-order valence-corrected chi connectivity index (χ3v) is 4.22. The topological polar surface area (TPSA) is 38.5 Å². The number of ether oxygens (including phenoxy) is 1. The number of hydrogen-bond donors (Lipinski definition) is 1. The van der Waals surface area contributed by atoms with Crippen LogP contribution in [0.15, 0.2) is 24.3 Å². The standard InChI is InChI=1S/C17H28N2O/c1-14-5-3-6-17(12-14)20-10-4-8-19-9-7-15(2)11-16(19)13-18/h3,5-6,12,15-16H,4,7-11,13,18H2,1-2H3. The molecule has 2 rings (SSSR count). The third kappa shape index (κ3) is 4.50. The maximum Gasteiger partial charge on any atom is 0.119 e. The number of nitrogens with zero attached hydrogens (tertiary/aromatic N) is 1. The minimum absolute atomic E-state index is 0.567. The van der Waals surface area contributed by atoms with Crippen molar-refractivity contribution in [1.82, 2.24) is 4.90 Å². The molecule has 0 radical (unpaired) electrons. The van der Waals surface area contributed by atoms with E-state index < -0.39 is 0 Å². The summed E-state index contributed by atoms with van der Waals surface area (Å²) in [5.74, 6) is 1.80. The highest BCUT2D eigenvalue weighted by Crippen LogP contribution is 2.22. The van der Waals surface area contributed by atoms with Gasteiger partial charge in [0.15, 0.2) is 0 Å². The Labute approximate surface area is 123 Å². The summed E-state index contributed by atoms with van der Waals surface area (Å²) >= 11 is 0. The second-order valence-corrected chi connectivity index (χ2v) is 6.07. The van der Waals surface area contributed by atoms with Gasteiger partial charge in [-0.3, -0.25) is 4.90 Å². The fourth-order valence-corrected chi connectivity index (χ4v) is 3.00. The van der Waals surface area contributed by atoms with E-state index in [1.54, 1.807) is 0 Å². The number of hydrogen-bond acceptors (Lipinski definition) is 3. The molecule has 112 valence electrons. The molecule has 0 amide bonds. The monoisotopic (exact) mass is 276 g/mol. The van der Waals surface area contributed by atoms with Crippen molar-refractivity contribution in [2.24, 2.45) is 11.7 Å². The maximum atomic E-state index is 5.89. The summed E-state index contributed by atoms with van der Waals surface area (Å²) in [6.07, 6.45) is 3.61. The fraction of sp³-hybridized carbons (Fsp3) is 0.647. The summed E-state index contributed by atoms with van der Waals surface area (Å²) in [5.41, 5.74) is 7.14. The molecule has 1 saturated heterocycles. The van der Waals surface area contributed by atoms with E-state index in [-0.39, 0.29) is 0 Å². The van der Waals surface area contributed by atoms with Gasteiger partial charge in [0.05, 0.1) is 6.61 Å². The van der Waals surface area contributed by atoms with Gasteiger partial charge in [0, 0.05) is 19.1 Å². The zero-order valence-corrected chi connectivity index (χ0v) is 12.8. The lowest BCUT2D eigenvalue weighted by molar-refractivity contribution is 0.115. The second kappa shape index (κ2) is 7.65. The average Bonchev–Trinajstić information content (AvgIpc) is 2.45. The van der Waals surface area contributed by atoms with Crippen LogP contribution in [0.3, 0.4) is 0 Å². The largest absolute Gasteiger partial charge is 0.494 e. The van der Waals surface area contributed by atoms with Gasteiger partial charge in [-0.25, -0.2) is 0 Å². The normalized spacial score (nSPS) is 23.8. The molecule has 2 atom stereocenters. The van der Waals surface area contributed by atoms with E-state index >= 15 is 0 Å². The molecule has 1 heterocycles. The highest BCUT2D eigenvalue weighted by atomic mass is 16.5. The first-order chi connectivity index (χ1) is 9.69. The Kier molecular flexibility index (Phi) is 5.86. The molecule has 1 fully saturated rings. The van der Waals surface area contributed by atoms with Crippen molar-refractivity contribution >= 4 is 0 Å². The van der Waals surface area contributed by atoms with Crippen LogP contribution in [0.25, 0.3) is 0 Å². The first-order valence-corrected chi connectivity index (χ1v) is 7.82. The molecule has 2 N–H and O–H groups in total. The first-order valence-electron chi connectivity index (χ1n) is 7.82. The predicted molar refractivity (Wildman–Crippen MR) is 84.1 cm³/mol. The summed E-state index contributed by atoms with van der Waals surface area (Å²) in [7, 11) is 0. The molecule has 1 aromatic carbocycles. The van der Waals surface area contributed by atoms with Gasteiger partial charge in [0.2, 0.25) is 0 Å². The molecule has 3 nitrogen and oxygen atoms in total. The summed E-state index contributed by atoms with van der Waals surface area (Å²) in [6.45, 7) is 8.28. The van der Waals surface area contributed by atoms with Gasteiger partial charge in [0.25, 0.3) is 0 Å². The maximum absolute atomic E-state index is 5.89. The quantitative estimate of drug-likeness (QED) is 0.812. The van der Waals surface area contributed by atoms with Gasteiger partial charge in [-0.1, -0.05) is 19.1 Å². The van der Waals surface area contributed by atoms with Crippen molar-refractivity contribution < 1.29 is 4.74 Å². The van der Waals surface area contributed by atoms with Crippen molar-refractivity contribution in [3.05, 3.63) is 29.8 Å². The summed E-state index contributed by atoms with van der Waals surface area (Å²) in [5, 5.41) is 0. The average molecular weight is 276 g/mol. The van der Waals surface area contributed by atoms with Gasteiger partial charge in [-0.15, -0.1) is 0 Å². The van der Waals surface area contributed by atoms with Crippen LogP contribution in [0.1, 0.15) is 31.7 Å². The van der Waals surface area contributed by atoms with Crippen molar-refractivity contribution in [2.45, 2.75) is 39.2 Å². The van der Waals surface area contributed by atoms with E-state index in [1.165, 1.54) is 24.9 Å². The zero-order valence-electron chi connectivity index (χ0n) is 12.8. The first kappa shape index (κ1) is 15.3. The Balaban J connectivity index is 1.70. The smallest absolute Gasteiger partial charge is 0.119 e. The van der Waals surface area contributed by atoms with Crippen LogP contribution in [0, 0.1) is 12.8 Å². The third-order valence-electron chi connectivity index (χ3n) is 4.22. The second-order valence-electron chi connectivity index (χ2n) is 6.07. The molecule has 0 spiro atoms. The Morgan fingerprint density at radius 2 is 2.25 bits per heavy atom. The molecular weight excluding hydrogens is 248 g/mol. The van der Waals surface area contributed by atoms with Gasteiger partial charge < -0.3 is 10.5 Å². The minimum atomic E-state index is 0.567. The number of nitrogens with two attached hydrogens (primary N) is 1. The van der Waals surface area contributed by atoms with Crippen molar-refractivity contribution in [1.29, 1.82) is 0 Å². The van der Waals surface area contributed by atoms with Crippen molar-refractivity contribution in [2.75, 3.05) is 26.2 Å². The van der Waals surface area contributed by atoms with Gasteiger partial charge >= 0.3 is 0 Å². The van der Waals surface area contributed by atoms with Crippen molar-refractivity contribution in [3.63, 3.8) is 0 Å². The molecule has 20 heavy (non-hydrogen) atoms. The van der Waals surface area contributed by atoms with E-state index in [4.69, 9.17) is 10.5 Å².